The van der Waals surface area contributed by atoms with Crippen LogP contribution in [0.15, 0.2) is 18.2 Å². The van der Waals surface area contributed by atoms with Crippen LogP contribution in [0.25, 0.3) is 6.08 Å². The first-order chi connectivity index (χ1) is 10.6. The van der Waals surface area contributed by atoms with E-state index in [2.05, 4.69) is 0 Å². The van der Waals surface area contributed by atoms with E-state index < -0.39 is 5.97 Å². The van der Waals surface area contributed by atoms with E-state index in [4.69, 9.17) is 14.6 Å². The quantitative estimate of drug-likeness (QED) is 0.816. The molecule has 0 aromatic heterocycles. The molecule has 22 heavy (non-hydrogen) atoms. The number of rotatable bonds is 6. The van der Waals surface area contributed by atoms with Crippen LogP contribution in [-0.2, 0) is 9.59 Å². The maximum atomic E-state index is 11.9. The van der Waals surface area contributed by atoms with Gasteiger partial charge in [-0.2, -0.15) is 0 Å². The number of carboxylic acids is 1. The molecule has 0 atom stereocenters. The van der Waals surface area contributed by atoms with Crippen LogP contribution in [0.4, 0.5) is 5.69 Å². The number of ether oxygens (including phenoxy) is 2. The Morgan fingerprint density at radius 1 is 1.45 bits per heavy atom. The van der Waals surface area contributed by atoms with Crippen LogP contribution >= 0.6 is 0 Å². The SMILES string of the molecule is CCCOc1cc(/C=C/C(=O)O)cc2c1OCC(=O)N2CC. The first kappa shape index (κ1) is 15.9. The molecule has 2 rings (SSSR count). The summed E-state index contributed by atoms with van der Waals surface area (Å²) in [5, 5.41) is 8.76. The highest BCUT2D eigenvalue weighted by molar-refractivity contribution is 5.99. The molecule has 0 saturated carbocycles. The number of nitrogens with zero attached hydrogens (tertiary/aromatic N) is 1. The maximum absolute atomic E-state index is 11.9. The summed E-state index contributed by atoms with van der Waals surface area (Å²) in [6.45, 7) is 4.87. The lowest BCUT2D eigenvalue weighted by molar-refractivity contribution is -0.131. The van der Waals surface area contributed by atoms with E-state index in [-0.39, 0.29) is 12.5 Å². The number of amides is 1. The van der Waals surface area contributed by atoms with Crippen LogP contribution in [0.1, 0.15) is 25.8 Å². The first-order valence-electron chi connectivity index (χ1n) is 7.21. The zero-order valence-electron chi connectivity index (χ0n) is 12.7. The van der Waals surface area contributed by atoms with Gasteiger partial charge in [0.25, 0.3) is 5.91 Å². The van der Waals surface area contributed by atoms with E-state index in [1.807, 2.05) is 13.8 Å². The highest BCUT2D eigenvalue weighted by Gasteiger charge is 2.27. The average molecular weight is 305 g/mol. The van der Waals surface area contributed by atoms with Gasteiger partial charge in [0, 0.05) is 12.6 Å². The fourth-order valence-corrected chi connectivity index (χ4v) is 2.23. The molecule has 0 bridgehead atoms. The van der Waals surface area contributed by atoms with Crippen molar-refractivity contribution in [2.24, 2.45) is 0 Å². The summed E-state index contributed by atoms with van der Waals surface area (Å²) in [7, 11) is 0. The standard InChI is InChI=1S/C16H19NO5/c1-3-7-21-13-9-11(5-6-15(19)20)8-12-16(13)22-10-14(18)17(12)4-2/h5-6,8-9H,3-4,7,10H2,1-2H3,(H,19,20)/b6-5+. The van der Waals surface area contributed by atoms with Crippen LogP contribution in [0.2, 0.25) is 0 Å². The Kier molecular flexibility index (Phi) is 5.04. The predicted octanol–water partition coefficient (Wildman–Crippen LogP) is 2.32. The van der Waals surface area contributed by atoms with Crippen molar-refractivity contribution in [3.05, 3.63) is 23.8 Å². The Morgan fingerprint density at radius 2 is 2.23 bits per heavy atom. The molecule has 1 aliphatic heterocycles. The molecule has 6 nitrogen and oxygen atoms in total. The molecule has 1 aliphatic rings. The van der Waals surface area contributed by atoms with Gasteiger partial charge in [-0.1, -0.05) is 6.92 Å². The van der Waals surface area contributed by atoms with Crippen LogP contribution in [-0.4, -0.2) is 36.7 Å². The van der Waals surface area contributed by atoms with Gasteiger partial charge in [0.1, 0.15) is 0 Å². The molecule has 1 aromatic carbocycles. The molecule has 1 amide bonds. The molecule has 0 aliphatic carbocycles. The van der Waals surface area contributed by atoms with Crippen LogP contribution in [0.3, 0.4) is 0 Å². The molecule has 0 fully saturated rings. The summed E-state index contributed by atoms with van der Waals surface area (Å²) in [5.74, 6) is -0.109. The Balaban J connectivity index is 2.48. The number of aliphatic carboxylic acids is 1. The maximum Gasteiger partial charge on any atom is 0.328 e. The second-order valence-corrected chi connectivity index (χ2v) is 4.81. The first-order valence-corrected chi connectivity index (χ1v) is 7.21. The van der Waals surface area contributed by atoms with E-state index >= 15 is 0 Å². The number of likely N-dealkylation sites (N-methyl/N-ethyl adjacent to an activating group) is 1. The van der Waals surface area contributed by atoms with Crippen molar-refractivity contribution in [3.8, 4) is 11.5 Å². The van der Waals surface area contributed by atoms with Crippen molar-refractivity contribution in [1.29, 1.82) is 0 Å². The molecule has 0 unspecified atom stereocenters. The molecule has 6 heteroatoms. The topological polar surface area (TPSA) is 76.1 Å². The summed E-state index contributed by atoms with van der Waals surface area (Å²) in [4.78, 5) is 24.2. The van der Waals surface area contributed by atoms with E-state index in [1.165, 1.54) is 6.08 Å². The molecular formula is C16H19NO5. The van der Waals surface area contributed by atoms with Crippen molar-refractivity contribution in [2.45, 2.75) is 20.3 Å². The lowest BCUT2D eigenvalue weighted by Gasteiger charge is -2.30. The van der Waals surface area contributed by atoms with Crippen molar-refractivity contribution in [3.63, 3.8) is 0 Å². The molecule has 118 valence electrons. The molecular weight excluding hydrogens is 286 g/mol. The number of carboxylic acid groups (broad SMARTS) is 1. The van der Waals surface area contributed by atoms with E-state index in [0.717, 1.165) is 12.5 Å². The monoisotopic (exact) mass is 305 g/mol. The van der Waals surface area contributed by atoms with Crippen LogP contribution in [0, 0.1) is 0 Å². The van der Waals surface area contributed by atoms with Crippen LogP contribution in [0.5, 0.6) is 11.5 Å². The highest BCUT2D eigenvalue weighted by Crippen LogP contribution is 2.42. The number of hydrogen-bond acceptors (Lipinski definition) is 4. The number of fused-ring (bicyclic) bond motifs is 1. The van der Waals surface area contributed by atoms with E-state index in [1.54, 1.807) is 17.0 Å². The lowest BCUT2D eigenvalue weighted by Crippen LogP contribution is -2.38. The minimum atomic E-state index is -1.03. The number of anilines is 1. The fraction of sp³-hybridized carbons (Fsp3) is 0.375. The number of benzene rings is 1. The highest BCUT2D eigenvalue weighted by atomic mass is 16.5. The second kappa shape index (κ2) is 6.98. The van der Waals surface area contributed by atoms with Gasteiger partial charge in [0.2, 0.25) is 0 Å². The summed E-state index contributed by atoms with van der Waals surface area (Å²) in [5.41, 5.74) is 1.25. The third kappa shape index (κ3) is 3.39. The molecule has 1 heterocycles. The molecule has 0 radical (unpaired) electrons. The molecule has 0 saturated heterocycles. The Labute approximate surface area is 128 Å². The minimum Gasteiger partial charge on any atom is -0.490 e. The number of carbonyl (C=O) groups excluding carboxylic acids is 1. The van der Waals surface area contributed by atoms with Gasteiger partial charge in [-0.25, -0.2) is 4.79 Å². The molecule has 1 aromatic rings. The van der Waals surface area contributed by atoms with Gasteiger partial charge in [0.05, 0.1) is 12.3 Å². The zero-order valence-corrected chi connectivity index (χ0v) is 12.7. The smallest absolute Gasteiger partial charge is 0.328 e. The van der Waals surface area contributed by atoms with Gasteiger partial charge in [-0.05, 0) is 37.1 Å². The summed E-state index contributed by atoms with van der Waals surface area (Å²) < 4.78 is 11.2. The van der Waals surface area contributed by atoms with Crippen molar-refractivity contribution in [2.75, 3.05) is 24.7 Å². The largest absolute Gasteiger partial charge is 0.490 e. The van der Waals surface area contributed by atoms with E-state index in [9.17, 15) is 9.59 Å². The number of hydrogen-bond donors (Lipinski definition) is 1. The predicted molar refractivity (Wildman–Crippen MR) is 82.4 cm³/mol. The summed E-state index contributed by atoms with van der Waals surface area (Å²) >= 11 is 0. The molecule has 1 N–H and O–H groups in total. The number of carbonyl (C=O) groups is 2. The Hall–Kier alpha value is -2.50. The van der Waals surface area contributed by atoms with Crippen molar-refractivity contribution >= 4 is 23.6 Å². The van der Waals surface area contributed by atoms with Crippen LogP contribution < -0.4 is 14.4 Å². The Morgan fingerprint density at radius 3 is 2.86 bits per heavy atom. The van der Waals surface area contributed by atoms with Gasteiger partial charge in [0.15, 0.2) is 18.1 Å². The average Bonchev–Trinajstić information content (AvgIpc) is 2.50. The van der Waals surface area contributed by atoms with Gasteiger partial charge in [-0.3, -0.25) is 4.79 Å². The third-order valence-electron chi connectivity index (χ3n) is 3.19. The van der Waals surface area contributed by atoms with Crippen molar-refractivity contribution in [1.82, 2.24) is 0 Å². The minimum absolute atomic E-state index is 0.0202. The Bertz CT molecular complexity index is 609. The fourth-order valence-electron chi connectivity index (χ4n) is 2.23. The third-order valence-corrected chi connectivity index (χ3v) is 3.19. The van der Waals surface area contributed by atoms with E-state index in [0.29, 0.717) is 35.9 Å². The summed E-state index contributed by atoms with van der Waals surface area (Å²) in [6, 6.07) is 3.45. The normalized spacial score (nSPS) is 13.9. The van der Waals surface area contributed by atoms with Gasteiger partial charge in [-0.15, -0.1) is 0 Å². The lowest BCUT2D eigenvalue weighted by atomic mass is 10.1. The summed E-state index contributed by atoms with van der Waals surface area (Å²) in [6.07, 6.45) is 3.35. The second-order valence-electron chi connectivity index (χ2n) is 4.81. The van der Waals surface area contributed by atoms with Gasteiger partial charge < -0.3 is 19.5 Å². The van der Waals surface area contributed by atoms with Crippen molar-refractivity contribution < 1.29 is 24.2 Å². The molecule has 0 spiro atoms. The van der Waals surface area contributed by atoms with Gasteiger partial charge >= 0.3 is 5.97 Å². The zero-order chi connectivity index (χ0) is 16.1.